The van der Waals surface area contributed by atoms with Crippen LogP contribution in [0, 0.1) is 0 Å². The third-order valence-corrected chi connectivity index (χ3v) is 3.74. The molecule has 0 amide bonds. The Labute approximate surface area is 93.3 Å². The highest BCUT2D eigenvalue weighted by Gasteiger charge is 2.19. The summed E-state index contributed by atoms with van der Waals surface area (Å²) in [5, 5.41) is 0. The fourth-order valence-electron chi connectivity index (χ4n) is 2.13. The summed E-state index contributed by atoms with van der Waals surface area (Å²) in [7, 11) is 0. The van der Waals surface area contributed by atoms with Crippen LogP contribution in [0.15, 0.2) is 18.7 Å². The van der Waals surface area contributed by atoms with Crippen LogP contribution in [0.5, 0.6) is 0 Å². The highest BCUT2D eigenvalue weighted by molar-refractivity contribution is 9.09. The van der Waals surface area contributed by atoms with Crippen molar-refractivity contribution in [2.75, 3.05) is 0 Å². The molecule has 0 N–H and O–H groups in total. The second-order valence-electron chi connectivity index (χ2n) is 3.99. The first-order valence-electron chi connectivity index (χ1n) is 5.25. The topological polar surface area (TPSA) is 25.8 Å². The van der Waals surface area contributed by atoms with E-state index in [2.05, 4.69) is 25.9 Å². The van der Waals surface area contributed by atoms with Gasteiger partial charge in [-0.25, -0.2) is 9.97 Å². The van der Waals surface area contributed by atoms with E-state index in [1.54, 1.807) is 6.33 Å². The smallest absolute Gasteiger partial charge is 0.115 e. The maximum Gasteiger partial charge on any atom is 0.115 e. The predicted molar refractivity (Wildman–Crippen MR) is 60.6 cm³/mol. The van der Waals surface area contributed by atoms with Gasteiger partial charge in [0.1, 0.15) is 6.33 Å². The largest absolute Gasteiger partial charge is 0.245 e. The molecule has 0 radical (unpaired) electrons. The number of aromatic nitrogens is 2. The highest BCUT2D eigenvalue weighted by atomic mass is 79.9. The van der Waals surface area contributed by atoms with Crippen molar-refractivity contribution in [3.63, 3.8) is 0 Å². The molecule has 1 heterocycles. The zero-order chi connectivity index (χ0) is 9.80. The van der Waals surface area contributed by atoms with Gasteiger partial charge in [-0.2, -0.15) is 0 Å². The van der Waals surface area contributed by atoms with Crippen LogP contribution >= 0.6 is 15.9 Å². The molecular weight excluding hydrogens is 240 g/mol. The Hall–Kier alpha value is -0.440. The van der Waals surface area contributed by atoms with Crippen molar-refractivity contribution in [1.29, 1.82) is 0 Å². The van der Waals surface area contributed by atoms with Crippen LogP contribution in [0.4, 0.5) is 0 Å². The van der Waals surface area contributed by atoms with Gasteiger partial charge in [0, 0.05) is 17.2 Å². The SMILES string of the molecule is BrC1CCCCC(c2cncnc2)C1. The van der Waals surface area contributed by atoms with Gasteiger partial charge in [-0.15, -0.1) is 0 Å². The van der Waals surface area contributed by atoms with Crippen LogP contribution in [0.25, 0.3) is 0 Å². The third-order valence-electron chi connectivity index (χ3n) is 2.91. The fourth-order valence-corrected chi connectivity index (χ4v) is 2.90. The lowest BCUT2D eigenvalue weighted by Crippen LogP contribution is -2.04. The van der Waals surface area contributed by atoms with E-state index in [9.17, 15) is 0 Å². The molecule has 3 heteroatoms. The van der Waals surface area contributed by atoms with Gasteiger partial charge < -0.3 is 0 Å². The molecule has 2 unspecified atom stereocenters. The second kappa shape index (κ2) is 4.87. The minimum Gasteiger partial charge on any atom is -0.245 e. The van der Waals surface area contributed by atoms with E-state index in [1.807, 2.05) is 12.4 Å². The van der Waals surface area contributed by atoms with Crippen molar-refractivity contribution >= 4 is 15.9 Å². The number of alkyl halides is 1. The molecule has 0 aliphatic heterocycles. The average molecular weight is 255 g/mol. The lowest BCUT2D eigenvalue weighted by atomic mass is 9.94. The molecule has 1 aliphatic rings. The van der Waals surface area contributed by atoms with Crippen LogP contribution in [-0.2, 0) is 0 Å². The van der Waals surface area contributed by atoms with E-state index in [-0.39, 0.29) is 0 Å². The lowest BCUT2D eigenvalue weighted by molar-refractivity contribution is 0.595. The molecule has 1 saturated carbocycles. The van der Waals surface area contributed by atoms with Crippen molar-refractivity contribution in [3.05, 3.63) is 24.3 Å². The summed E-state index contributed by atoms with van der Waals surface area (Å²) in [6.45, 7) is 0. The Morgan fingerprint density at radius 2 is 1.86 bits per heavy atom. The molecule has 0 aromatic carbocycles. The first kappa shape index (κ1) is 10.1. The molecule has 0 saturated heterocycles. The Balaban J connectivity index is 2.09. The van der Waals surface area contributed by atoms with Crippen LogP contribution in [0.2, 0.25) is 0 Å². The molecule has 0 bridgehead atoms. The molecule has 1 aromatic heterocycles. The molecule has 0 spiro atoms. The van der Waals surface area contributed by atoms with Gasteiger partial charge in [-0.3, -0.25) is 0 Å². The van der Waals surface area contributed by atoms with Crippen molar-refractivity contribution in [2.45, 2.75) is 42.8 Å². The minimum atomic E-state index is 0.656. The van der Waals surface area contributed by atoms with Gasteiger partial charge in [0.05, 0.1) is 0 Å². The Morgan fingerprint density at radius 3 is 2.64 bits per heavy atom. The molecular formula is C11H15BrN2. The van der Waals surface area contributed by atoms with Crippen LogP contribution < -0.4 is 0 Å². The first-order valence-corrected chi connectivity index (χ1v) is 6.17. The van der Waals surface area contributed by atoms with Crippen molar-refractivity contribution in [1.82, 2.24) is 9.97 Å². The number of halogens is 1. The molecule has 14 heavy (non-hydrogen) atoms. The van der Waals surface area contributed by atoms with E-state index < -0.39 is 0 Å². The summed E-state index contributed by atoms with van der Waals surface area (Å²) >= 11 is 3.74. The quantitative estimate of drug-likeness (QED) is 0.568. The van der Waals surface area contributed by atoms with Gasteiger partial charge in [0.15, 0.2) is 0 Å². The summed E-state index contributed by atoms with van der Waals surface area (Å²) in [5.74, 6) is 0.656. The number of nitrogens with zero attached hydrogens (tertiary/aromatic N) is 2. The van der Waals surface area contributed by atoms with E-state index >= 15 is 0 Å². The molecule has 2 atom stereocenters. The summed E-state index contributed by atoms with van der Waals surface area (Å²) < 4.78 is 0. The summed E-state index contributed by atoms with van der Waals surface area (Å²) in [6, 6.07) is 0. The van der Waals surface area contributed by atoms with E-state index in [0.29, 0.717) is 10.7 Å². The molecule has 1 fully saturated rings. The monoisotopic (exact) mass is 254 g/mol. The van der Waals surface area contributed by atoms with Crippen LogP contribution in [-0.4, -0.2) is 14.8 Å². The molecule has 1 aromatic rings. The van der Waals surface area contributed by atoms with Crippen molar-refractivity contribution in [3.8, 4) is 0 Å². The maximum absolute atomic E-state index is 4.09. The standard InChI is InChI=1S/C11H15BrN2/c12-11-4-2-1-3-9(5-11)10-6-13-8-14-7-10/h6-9,11H,1-5H2. The second-order valence-corrected chi connectivity index (χ2v) is 5.28. The van der Waals surface area contributed by atoms with Gasteiger partial charge >= 0.3 is 0 Å². The molecule has 2 rings (SSSR count). The van der Waals surface area contributed by atoms with Gasteiger partial charge in [-0.05, 0) is 30.7 Å². The number of hydrogen-bond acceptors (Lipinski definition) is 2. The Kier molecular flexibility index (Phi) is 3.51. The predicted octanol–water partition coefficient (Wildman–Crippen LogP) is 3.29. The highest BCUT2D eigenvalue weighted by Crippen LogP contribution is 2.33. The van der Waals surface area contributed by atoms with Crippen molar-refractivity contribution in [2.24, 2.45) is 0 Å². The Morgan fingerprint density at radius 1 is 1.14 bits per heavy atom. The maximum atomic E-state index is 4.09. The zero-order valence-electron chi connectivity index (χ0n) is 8.19. The summed E-state index contributed by atoms with van der Waals surface area (Å²) in [5.41, 5.74) is 1.30. The van der Waals surface area contributed by atoms with Crippen molar-refractivity contribution < 1.29 is 0 Å². The Bertz CT molecular complexity index is 276. The third kappa shape index (κ3) is 2.53. The fraction of sp³-hybridized carbons (Fsp3) is 0.636. The van der Waals surface area contributed by atoms with E-state index in [0.717, 1.165) is 0 Å². The van der Waals surface area contributed by atoms with Gasteiger partial charge in [0.2, 0.25) is 0 Å². The number of hydrogen-bond donors (Lipinski definition) is 0. The van der Waals surface area contributed by atoms with Crippen LogP contribution in [0.1, 0.15) is 43.6 Å². The normalized spacial score (nSPS) is 28.4. The summed E-state index contributed by atoms with van der Waals surface area (Å²) in [4.78, 5) is 8.85. The van der Waals surface area contributed by atoms with Crippen LogP contribution in [0.3, 0.4) is 0 Å². The number of rotatable bonds is 1. The van der Waals surface area contributed by atoms with Gasteiger partial charge in [-0.1, -0.05) is 28.8 Å². The van der Waals surface area contributed by atoms with E-state index in [1.165, 1.54) is 37.7 Å². The molecule has 2 nitrogen and oxygen atoms in total. The first-order chi connectivity index (χ1) is 6.86. The average Bonchev–Trinajstić information content (AvgIpc) is 2.44. The molecule has 76 valence electrons. The summed E-state index contributed by atoms with van der Waals surface area (Å²) in [6.07, 6.45) is 12.0. The van der Waals surface area contributed by atoms with Gasteiger partial charge in [0.25, 0.3) is 0 Å². The lowest BCUT2D eigenvalue weighted by Gasteiger charge is -2.15. The zero-order valence-corrected chi connectivity index (χ0v) is 9.78. The molecule has 1 aliphatic carbocycles. The minimum absolute atomic E-state index is 0.656. The van der Waals surface area contributed by atoms with E-state index in [4.69, 9.17) is 0 Å².